The molecule has 0 aromatic carbocycles. The Balaban J connectivity index is 1.98. The van der Waals surface area contributed by atoms with Gasteiger partial charge in [-0.05, 0) is 57.2 Å². The molecule has 0 radical (unpaired) electrons. The van der Waals surface area contributed by atoms with E-state index in [2.05, 4.69) is 31.2 Å². The lowest BCUT2D eigenvalue weighted by molar-refractivity contribution is 0.137. The third-order valence-corrected chi connectivity index (χ3v) is 4.45. The van der Waals surface area contributed by atoms with Crippen molar-refractivity contribution in [2.24, 2.45) is 17.3 Å². The third-order valence-electron chi connectivity index (χ3n) is 4.45. The lowest BCUT2D eigenvalue weighted by atomic mass is 9.81. The molecule has 3 unspecified atom stereocenters. The maximum absolute atomic E-state index is 3.39. The van der Waals surface area contributed by atoms with Crippen LogP contribution in [-0.2, 0) is 0 Å². The van der Waals surface area contributed by atoms with E-state index in [1.54, 1.807) is 0 Å². The Kier molecular flexibility index (Phi) is 2.85. The molecule has 1 saturated carbocycles. The Labute approximate surface area is 88.1 Å². The van der Waals surface area contributed by atoms with Crippen LogP contribution >= 0.6 is 0 Å². The van der Waals surface area contributed by atoms with Crippen LogP contribution in [0.15, 0.2) is 0 Å². The van der Waals surface area contributed by atoms with Crippen LogP contribution in [0.1, 0.15) is 26.2 Å². The molecule has 14 heavy (non-hydrogen) atoms. The van der Waals surface area contributed by atoms with Crippen molar-refractivity contribution in [2.45, 2.75) is 26.2 Å². The molecule has 0 bridgehead atoms. The second-order valence-corrected chi connectivity index (χ2v) is 5.47. The van der Waals surface area contributed by atoms with Crippen LogP contribution in [0, 0.1) is 17.3 Å². The van der Waals surface area contributed by atoms with Gasteiger partial charge >= 0.3 is 0 Å². The van der Waals surface area contributed by atoms with Crippen LogP contribution in [0.4, 0.5) is 0 Å². The first kappa shape index (κ1) is 10.4. The zero-order chi connectivity index (χ0) is 10.2. The minimum Gasteiger partial charge on any atom is -0.319 e. The van der Waals surface area contributed by atoms with Crippen molar-refractivity contribution in [3.8, 4) is 0 Å². The van der Waals surface area contributed by atoms with E-state index in [1.807, 2.05) is 0 Å². The van der Waals surface area contributed by atoms with Gasteiger partial charge in [-0.25, -0.2) is 0 Å². The molecular formula is C12H24N2. The minimum absolute atomic E-state index is 0.656. The highest BCUT2D eigenvalue weighted by Gasteiger charge is 2.55. The molecule has 2 heteroatoms. The summed E-state index contributed by atoms with van der Waals surface area (Å²) in [7, 11) is 4.37. The fourth-order valence-corrected chi connectivity index (χ4v) is 3.44. The van der Waals surface area contributed by atoms with Gasteiger partial charge in [0.2, 0.25) is 0 Å². The second-order valence-electron chi connectivity index (χ2n) is 5.47. The molecule has 1 aliphatic carbocycles. The quantitative estimate of drug-likeness (QED) is 0.737. The zero-order valence-electron chi connectivity index (χ0n) is 9.84. The van der Waals surface area contributed by atoms with Gasteiger partial charge in [-0.3, -0.25) is 0 Å². The number of hydrogen-bond acceptors (Lipinski definition) is 2. The van der Waals surface area contributed by atoms with Gasteiger partial charge in [-0.15, -0.1) is 0 Å². The van der Waals surface area contributed by atoms with Crippen molar-refractivity contribution < 1.29 is 0 Å². The first-order chi connectivity index (χ1) is 6.69. The van der Waals surface area contributed by atoms with E-state index in [-0.39, 0.29) is 0 Å². The van der Waals surface area contributed by atoms with Crippen LogP contribution in [-0.4, -0.2) is 38.6 Å². The Hall–Kier alpha value is -0.0800. The predicted octanol–water partition coefficient (Wildman–Crippen LogP) is 1.57. The highest BCUT2D eigenvalue weighted by molar-refractivity contribution is 5.06. The molecule has 0 aromatic rings. The molecule has 0 spiro atoms. The number of likely N-dealkylation sites (tertiary alicyclic amines) is 1. The molecule has 1 heterocycles. The SMILES string of the molecule is CNCC1(C2CCCN(C)C2)CC1C. The predicted molar refractivity (Wildman–Crippen MR) is 60.4 cm³/mol. The number of rotatable bonds is 3. The van der Waals surface area contributed by atoms with Crippen LogP contribution in [0.3, 0.4) is 0 Å². The van der Waals surface area contributed by atoms with Gasteiger partial charge in [0.1, 0.15) is 0 Å². The molecule has 2 fully saturated rings. The van der Waals surface area contributed by atoms with Gasteiger partial charge in [0.05, 0.1) is 0 Å². The maximum Gasteiger partial charge on any atom is 0.00125 e. The molecule has 3 atom stereocenters. The van der Waals surface area contributed by atoms with Gasteiger partial charge in [-0.2, -0.15) is 0 Å². The summed E-state index contributed by atoms with van der Waals surface area (Å²) in [6.45, 7) is 6.28. The van der Waals surface area contributed by atoms with Crippen molar-refractivity contribution in [3.05, 3.63) is 0 Å². The fraction of sp³-hybridized carbons (Fsp3) is 1.00. The van der Waals surface area contributed by atoms with Crippen LogP contribution < -0.4 is 5.32 Å². The molecule has 0 amide bonds. The van der Waals surface area contributed by atoms with Crippen LogP contribution in [0.2, 0.25) is 0 Å². The summed E-state index contributed by atoms with van der Waals surface area (Å²) in [4.78, 5) is 2.51. The molecular weight excluding hydrogens is 172 g/mol. The summed E-state index contributed by atoms with van der Waals surface area (Å²) in [5.41, 5.74) is 0.656. The number of hydrogen-bond donors (Lipinski definition) is 1. The molecule has 1 N–H and O–H groups in total. The van der Waals surface area contributed by atoms with E-state index in [9.17, 15) is 0 Å². The first-order valence-corrected chi connectivity index (χ1v) is 6.02. The van der Waals surface area contributed by atoms with E-state index in [4.69, 9.17) is 0 Å². The summed E-state index contributed by atoms with van der Waals surface area (Å²) < 4.78 is 0. The van der Waals surface area contributed by atoms with Crippen LogP contribution in [0.5, 0.6) is 0 Å². The van der Waals surface area contributed by atoms with Gasteiger partial charge < -0.3 is 10.2 Å². The van der Waals surface area contributed by atoms with Crippen molar-refractivity contribution in [1.29, 1.82) is 0 Å². The Morgan fingerprint density at radius 3 is 2.71 bits per heavy atom. The molecule has 1 saturated heterocycles. The molecule has 0 aromatic heterocycles. The smallest absolute Gasteiger partial charge is 0.00125 e. The number of nitrogens with one attached hydrogen (secondary N) is 1. The minimum atomic E-state index is 0.656. The lowest BCUT2D eigenvalue weighted by Gasteiger charge is -2.36. The zero-order valence-corrected chi connectivity index (χ0v) is 9.84. The number of nitrogens with zero attached hydrogens (tertiary/aromatic N) is 1. The fourth-order valence-electron chi connectivity index (χ4n) is 3.44. The Bertz CT molecular complexity index is 204. The summed E-state index contributed by atoms with van der Waals surface area (Å²) in [6.07, 6.45) is 4.31. The second kappa shape index (κ2) is 3.82. The topological polar surface area (TPSA) is 15.3 Å². The molecule has 2 nitrogen and oxygen atoms in total. The Morgan fingerprint density at radius 2 is 2.21 bits per heavy atom. The van der Waals surface area contributed by atoms with Crippen molar-refractivity contribution in [3.63, 3.8) is 0 Å². The van der Waals surface area contributed by atoms with Gasteiger partial charge in [0, 0.05) is 13.1 Å². The Morgan fingerprint density at radius 1 is 1.50 bits per heavy atom. The first-order valence-electron chi connectivity index (χ1n) is 6.02. The van der Waals surface area contributed by atoms with Crippen molar-refractivity contribution >= 4 is 0 Å². The summed E-state index contributed by atoms with van der Waals surface area (Å²) >= 11 is 0. The number of piperidine rings is 1. The highest BCUT2D eigenvalue weighted by Crippen LogP contribution is 2.58. The summed E-state index contributed by atoms with van der Waals surface area (Å²) in [5, 5.41) is 3.39. The van der Waals surface area contributed by atoms with E-state index in [0.29, 0.717) is 5.41 Å². The maximum atomic E-state index is 3.39. The lowest BCUT2D eigenvalue weighted by Crippen LogP contribution is -2.40. The molecule has 2 aliphatic rings. The molecule has 82 valence electrons. The average Bonchev–Trinajstić information content (AvgIpc) is 2.79. The van der Waals surface area contributed by atoms with Crippen LogP contribution in [0.25, 0.3) is 0 Å². The normalized spacial score (nSPS) is 43.9. The van der Waals surface area contributed by atoms with Crippen molar-refractivity contribution in [2.75, 3.05) is 33.7 Å². The van der Waals surface area contributed by atoms with E-state index >= 15 is 0 Å². The van der Waals surface area contributed by atoms with E-state index < -0.39 is 0 Å². The highest BCUT2D eigenvalue weighted by atomic mass is 15.1. The summed E-state index contributed by atoms with van der Waals surface area (Å²) in [6, 6.07) is 0. The third kappa shape index (κ3) is 1.70. The van der Waals surface area contributed by atoms with E-state index in [0.717, 1.165) is 11.8 Å². The summed E-state index contributed by atoms with van der Waals surface area (Å²) in [5.74, 6) is 1.90. The monoisotopic (exact) mass is 196 g/mol. The van der Waals surface area contributed by atoms with E-state index in [1.165, 1.54) is 38.9 Å². The molecule has 2 rings (SSSR count). The van der Waals surface area contributed by atoms with Gasteiger partial charge in [0.25, 0.3) is 0 Å². The van der Waals surface area contributed by atoms with Gasteiger partial charge in [-0.1, -0.05) is 6.92 Å². The standard InChI is InChI=1S/C12H24N2/c1-10-7-12(10,9-13-2)11-5-4-6-14(3)8-11/h10-11,13H,4-9H2,1-3H3. The average molecular weight is 196 g/mol. The molecule has 1 aliphatic heterocycles. The largest absolute Gasteiger partial charge is 0.319 e. The van der Waals surface area contributed by atoms with Crippen molar-refractivity contribution in [1.82, 2.24) is 10.2 Å². The van der Waals surface area contributed by atoms with Gasteiger partial charge in [0.15, 0.2) is 0 Å².